The van der Waals surface area contributed by atoms with Gasteiger partial charge in [0.25, 0.3) is 0 Å². The van der Waals surface area contributed by atoms with Crippen molar-refractivity contribution in [2.45, 2.75) is 38.2 Å². The first kappa shape index (κ1) is 34.3. The minimum atomic E-state index is -5.08. The van der Waals surface area contributed by atoms with E-state index in [4.69, 9.17) is 19.8 Å². The molecule has 2 aliphatic rings. The number of carboxylic acids is 2. The molecule has 0 spiro atoms. The molecule has 9 nitrogen and oxygen atoms in total. The van der Waals surface area contributed by atoms with Gasteiger partial charge in [0.2, 0.25) is 0 Å². The number of benzene rings is 1. The molecule has 16 heteroatoms. The zero-order valence-corrected chi connectivity index (χ0v) is 23.1. The van der Waals surface area contributed by atoms with Gasteiger partial charge in [0, 0.05) is 75.0 Å². The number of carboxylic acid groups (broad SMARTS) is 2. The Kier molecular flexibility index (Phi) is 13.3. The average molecular weight is 614 g/mol. The molecule has 0 atom stereocenters. The molecule has 0 aliphatic carbocycles. The van der Waals surface area contributed by atoms with Gasteiger partial charge < -0.3 is 25.7 Å². The molecule has 4 rings (SSSR count). The van der Waals surface area contributed by atoms with E-state index in [-0.39, 0.29) is 0 Å². The van der Waals surface area contributed by atoms with Crippen LogP contribution in [0.4, 0.5) is 32.0 Å². The molecule has 2 fully saturated rings. The first-order chi connectivity index (χ1) is 19.2. The fourth-order valence-corrected chi connectivity index (χ4v) is 4.66. The number of anilines is 1. The number of thiazole rings is 1. The highest BCUT2D eigenvalue weighted by Gasteiger charge is 2.38. The lowest BCUT2D eigenvalue weighted by Crippen LogP contribution is -2.48. The molecule has 2 aromatic rings. The average Bonchev–Trinajstić information content (AvgIpc) is 3.36. The van der Waals surface area contributed by atoms with E-state index in [1.165, 1.54) is 43.7 Å². The molecular formula is C25H33F6N5O4S. The quantitative estimate of drug-likeness (QED) is 0.361. The topological polar surface area (TPSA) is 118 Å². The van der Waals surface area contributed by atoms with Gasteiger partial charge in [-0.3, -0.25) is 4.90 Å². The number of aryl methyl sites for hydroxylation is 1. The van der Waals surface area contributed by atoms with Gasteiger partial charge in [-0.15, -0.1) is 11.3 Å². The fraction of sp³-hybridized carbons (Fsp3) is 0.560. The number of nitrogens with one attached hydrogen (secondary N) is 2. The molecule has 0 saturated carbocycles. The largest absolute Gasteiger partial charge is 0.490 e. The SMILES string of the molecule is Cc1nc(-c2ccc(N3CCC(NCCN4CCNCC4)CC3)cc2)cs1.O=C(O)C(F)(F)F.O=C(O)C(F)(F)F. The number of hydrogen-bond donors (Lipinski definition) is 4. The molecule has 41 heavy (non-hydrogen) atoms. The first-order valence-electron chi connectivity index (χ1n) is 12.7. The number of piperazine rings is 1. The second-order valence-electron chi connectivity index (χ2n) is 9.21. The van der Waals surface area contributed by atoms with Gasteiger partial charge >= 0.3 is 24.3 Å². The Balaban J connectivity index is 0.000000349. The fourth-order valence-electron chi connectivity index (χ4n) is 4.04. The molecule has 0 bridgehead atoms. The normalized spacial score (nSPS) is 16.7. The predicted molar refractivity (Wildman–Crippen MR) is 142 cm³/mol. The molecule has 4 N–H and O–H groups in total. The highest BCUT2D eigenvalue weighted by atomic mass is 32.1. The summed E-state index contributed by atoms with van der Waals surface area (Å²) in [4.78, 5) is 27.5. The van der Waals surface area contributed by atoms with Crippen molar-refractivity contribution in [1.29, 1.82) is 0 Å². The van der Waals surface area contributed by atoms with E-state index in [9.17, 15) is 26.3 Å². The van der Waals surface area contributed by atoms with Crippen LogP contribution in [-0.2, 0) is 9.59 Å². The number of piperidine rings is 1. The van der Waals surface area contributed by atoms with Crippen molar-refractivity contribution in [2.75, 3.05) is 57.3 Å². The number of rotatable bonds is 6. The Hall–Kier alpha value is -2.95. The van der Waals surface area contributed by atoms with Crippen LogP contribution in [0.25, 0.3) is 11.3 Å². The molecule has 1 aromatic heterocycles. The number of halogens is 6. The maximum absolute atomic E-state index is 10.6. The Bertz CT molecular complexity index is 1060. The van der Waals surface area contributed by atoms with Crippen LogP contribution >= 0.6 is 11.3 Å². The van der Waals surface area contributed by atoms with E-state index in [0.717, 1.165) is 43.4 Å². The number of alkyl halides is 6. The van der Waals surface area contributed by atoms with Crippen LogP contribution in [0, 0.1) is 6.92 Å². The van der Waals surface area contributed by atoms with Crippen molar-refractivity contribution in [3.8, 4) is 11.3 Å². The molecule has 2 aliphatic heterocycles. The van der Waals surface area contributed by atoms with Crippen LogP contribution in [0.15, 0.2) is 29.6 Å². The van der Waals surface area contributed by atoms with Crippen molar-refractivity contribution in [2.24, 2.45) is 0 Å². The molecule has 0 amide bonds. The van der Waals surface area contributed by atoms with Crippen LogP contribution in [0.1, 0.15) is 17.8 Å². The third-order valence-electron chi connectivity index (χ3n) is 6.20. The van der Waals surface area contributed by atoms with E-state index >= 15 is 0 Å². The van der Waals surface area contributed by atoms with Gasteiger partial charge in [-0.25, -0.2) is 14.6 Å². The minimum absolute atomic E-state index is 0.668. The van der Waals surface area contributed by atoms with E-state index in [0.29, 0.717) is 6.04 Å². The summed E-state index contributed by atoms with van der Waals surface area (Å²) in [6.07, 6.45) is -7.71. The monoisotopic (exact) mass is 613 g/mol. The van der Waals surface area contributed by atoms with Crippen molar-refractivity contribution >= 4 is 29.0 Å². The maximum atomic E-state index is 10.6. The zero-order chi connectivity index (χ0) is 30.6. The van der Waals surface area contributed by atoms with Crippen LogP contribution in [0.2, 0.25) is 0 Å². The Labute approximate surface area is 237 Å². The van der Waals surface area contributed by atoms with Crippen LogP contribution in [-0.4, -0.2) is 103 Å². The molecule has 0 radical (unpaired) electrons. The third kappa shape index (κ3) is 12.6. The van der Waals surface area contributed by atoms with Gasteiger partial charge in [-0.1, -0.05) is 12.1 Å². The molecule has 0 unspecified atom stereocenters. The van der Waals surface area contributed by atoms with Crippen LogP contribution in [0.5, 0.6) is 0 Å². The minimum Gasteiger partial charge on any atom is -0.475 e. The molecule has 3 heterocycles. The first-order valence-corrected chi connectivity index (χ1v) is 13.6. The number of hydrogen-bond acceptors (Lipinski definition) is 8. The van der Waals surface area contributed by atoms with Crippen LogP contribution in [0.3, 0.4) is 0 Å². The smallest absolute Gasteiger partial charge is 0.475 e. The summed E-state index contributed by atoms with van der Waals surface area (Å²) in [6.45, 7) is 11.3. The van der Waals surface area contributed by atoms with E-state index in [1.54, 1.807) is 11.3 Å². The second-order valence-corrected chi connectivity index (χ2v) is 10.3. The predicted octanol–water partition coefficient (Wildman–Crippen LogP) is 3.85. The van der Waals surface area contributed by atoms with E-state index < -0.39 is 24.3 Å². The lowest BCUT2D eigenvalue weighted by atomic mass is 10.0. The van der Waals surface area contributed by atoms with Crippen LogP contribution < -0.4 is 15.5 Å². The highest BCUT2D eigenvalue weighted by Crippen LogP contribution is 2.26. The summed E-state index contributed by atoms with van der Waals surface area (Å²) in [5, 5.41) is 24.7. The standard InChI is InChI=1S/C21H31N5S.2C2HF3O2/c1-17-24-21(16-27-17)18-2-4-20(5-3-18)26-11-6-19(7-12-26)23-10-15-25-13-8-22-9-14-25;2*3-2(4,5)1(6)7/h2-5,16,19,22-23H,6-15H2,1H3;2*(H,6,7). The number of nitrogens with zero attached hydrogens (tertiary/aromatic N) is 3. The highest BCUT2D eigenvalue weighted by molar-refractivity contribution is 7.09. The molecule has 230 valence electrons. The summed E-state index contributed by atoms with van der Waals surface area (Å²) < 4.78 is 63.5. The van der Waals surface area contributed by atoms with Crippen molar-refractivity contribution in [3.63, 3.8) is 0 Å². The Morgan fingerprint density at radius 1 is 0.976 bits per heavy atom. The lowest BCUT2D eigenvalue weighted by molar-refractivity contribution is -0.193. The third-order valence-corrected chi connectivity index (χ3v) is 6.97. The van der Waals surface area contributed by atoms with Gasteiger partial charge in [0.05, 0.1) is 10.7 Å². The summed E-state index contributed by atoms with van der Waals surface area (Å²) in [5.41, 5.74) is 3.65. The van der Waals surface area contributed by atoms with E-state index in [1.807, 2.05) is 0 Å². The zero-order valence-electron chi connectivity index (χ0n) is 22.3. The summed E-state index contributed by atoms with van der Waals surface area (Å²) in [7, 11) is 0. The van der Waals surface area contributed by atoms with Gasteiger partial charge in [0.15, 0.2) is 0 Å². The van der Waals surface area contributed by atoms with Crippen molar-refractivity contribution in [3.05, 3.63) is 34.7 Å². The van der Waals surface area contributed by atoms with Gasteiger partial charge in [0.1, 0.15) is 0 Å². The van der Waals surface area contributed by atoms with Crippen molar-refractivity contribution < 1.29 is 46.1 Å². The Morgan fingerprint density at radius 2 is 1.49 bits per heavy atom. The number of carbonyl (C=O) groups is 2. The van der Waals surface area contributed by atoms with Gasteiger partial charge in [-0.05, 0) is 31.9 Å². The second kappa shape index (κ2) is 15.9. The maximum Gasteiger partial charge on any atom is 0.490 e. The number of aliphatic carboxylic acids is 2. The molecule has 2 saturated heterocycles. The lowest BCUT2D eigenvalue weighted by Gasteiger charge is -2.35. The number of aromatic nitrogens is 1. The summed E-state index contributed by atoms with van der Waals surface area (Å²) >= 11 is 1.71. The Morgan fingerprint density at radius 3 is 1.93 bits per heavy atom. The molecule has 1 aromatic carbocycles. The summed E-state index contributed by atoms with van der Waals surface area (Å²) in [6, 6.07) is 9.59. The van der Waals surface area contributed by atoms with E-state index in [2.05, 4.69) is 62.0 Å². The summed E-state index contributed by atoms with van der Waals surface area (Å²) in [5.74, 6) is -5.51. The van der Waals surface area contributed by atoms with Gasteiger partial charge in [-0.2, -0.15) is 26.3 Å². The molecular weight excluding hydrogens is 580 g/mol. The van der Waals surface area contributed by atoms with Crippen molar-refractivity contribution in [1.82, 2.24) is 20.5 Å².